The summed E-state index contributed by atoms with van der Waals surface area (Å²) in [7, 11) is 0. The lowest BCUT2D eigenvalue weighted by atomic mass is 9.89. The van der Waals surface area contributed by atoms with Gasteiger partial charge in [0.05, 0.1) is 4.47 Å². The summed E-state index contributed by atoms with van der Waals surface area (Å²) in [6.45, 7) is 6.20. The van der Waals surface area contributed by atoms with Crippen molar-refractivity contribution in [3.63, 3.8) is 0 Å². The molecular formula is C13H18BrNO. The second kappa shape index (κ2) is 4.76. The molecule has 1 saturated heterocycles. The van der Waals surface area contributed by atoms with Crippen LogP contribution >= 0.6 is 15.9 Å². The van der Waals surface area contributed by atoms with Crippen molar-refractivity contribution in [1.82, 2.24) is 5.32 Å². The van der Waals surface area contributed by atoms with Gasteiger partial charge in [-0.1, -0.05) is 6.07 Å². The van der Waals surface area contributed by atoms with Crippen LogP contribution in [0.4, 0.5) is 0 Å². The summed E-state index contributed by atoms with van der Waals surface area (Å²) in [5, 5.41) is 13.6. The lowest BCUT2D eigenvalue weighted by Gasteiger charge is -2.25. The van der Waals surface area contributed by atoms with E-state index in [4.69, 9.17) is 0 Å². The normalized spacial score (nSPS) is 21.1. The number of rotatable bonds is 1. The summed E-state index contributed by atoms with van der Waals surface area (Å²) >= 11 is 3.48. The second-order valence-electron chi connectivity index (χ2n) is 4.61. The number of hydrogen-bond donors (Lipinski definition) is 2. The van der Waals surface area contributed by atoms with Crippen molar-refractivity contribution in [2.45, 2.75) is 32.6 Å². The number of aromatic hydroxyl groups is 1. The average molecular weight is 284 g/mol. The molecule has 1 aromatic carbocycles. The predicted octanol–water partition coefficient (Wildman–Crippen LogP) is 3.24. The standard InChI is InChI=1S/C13H18BrNO/c1-8-6-11(10-4-3-5-15-7-10)13(16)12(14)9(8)2/h6,10,15-16H,3-5,7H2,1-2H3. The van der Waals surface area contributed by atoms with E-state index in [1.165, 1.54) is 12.0 Å². The van der Waals surface area contributed by atoms with Gasteiger partial charge in [-0.05, 0) is 65.9 Å². The van der Waals surface area contributed by atoms with Gasteiger partial charge >= 0.3 is 0 Å². The van der Waals surface area contributed by atoms with Crippen LogP contribution in [0.5, 0.6) is 5.75 Å². The van der Waals surface area contributed by atoms with Crippen molar-refractivity contribution in [3.8, 4) is 5.75 Å². The summed E-state index contributed by atoms with van der Waals surface area (Å²) in [5.41, 5.74) is 3.46. The molecule has 1 aliphatic rings. The van der Waals surface area contributed by atoms with E-state index in [0.29, 0.717) is 11.7 Å². The Labute approximate surface area is 105 Å². The van der Waals surface area contributed by atoms with Crippen LogP contribution in [0, 0.1) is 13.8 Å². The van der Waals surface area contributed by atoms with E-state index in [-0.39, 0.29) is 0 Å². The average Bonchev–Trinajstić information content (AvgIpc) is 2.32. The zero-order chi connectivity index (χ0) is 11.7. The van der Waals surface area contributed by atoms with Crippen molar-refractivity contribution in [1.29, 1.82) is 0 Å². The van der Waals surface area contributed by atoms with E-state index in [9.17, 15) is 5.11 Å². The molecule has 0 saturated carbocycles. The van der Waals surface area contributed by atoms with Gasteiger partial charge in [0, 0.05) is 12.5 Å². The minimum atomic E-state index is 0.428. The molecule has 0 amide bonds. The maximum atomic E-state index is 10.2. The smallest absolute Gasteiger partial charge is 0.133 e. The topological polar surface area (TPSA) is 32.3 Å². The van der Waals surface area contributed by atoms with Crippen molar-refractivity contribution in [3.05, 3.63) is 27.2 Å². The van der Waals surface area contributed by atoms with E-state index in [1.807, 2.05) is 6.92 Å². The number of benzene rings is 1. The lowest BCUT2D eigenvalue weighted by Crippen LogP contribution is -2.28. The summed E-state index contributed by atoms with van der Waals surface area (Å²) < 4.78 is 0.855. The third-order valence-corrected chi connectivity index (χ3v) is 4.48. The maximum Gasteiger partial charge on any atom is 0.133 e. The van der Waals surface area contributed by atoms with Gasteiger partial charge in [0.25, 0.3) is 0 Å². The molecule has 16 heavy (non-hydrogen) atoms. The number of piperidine rings is 1. The predicted molar refractivity (Wildman–Crippen MR) is 70.1 cm³/mol. The van der Waals surface area contributed by atoms with Crippen molar-refractivity contribution in [2.75, 3.05) is 13.1 Å². The molecule has 0 aromatic heterocycles. The first-order valence-corrected chi connectivity index (χ1v) is 6.60. The monoisotopic (exact) mass is 283 g/mol. The zero-order valence-electron chi connectivity index (χ0n) is 9.81. The number of phenols is 1. The second-order valence-corrected chi connectivity index (χ2v) is 5.41. The third kappa shape index (κ3) is 2.11. The minimum Gasteiger partial charge on any atom is -0.506 e. The van der Waals surface area contributed by atoms with Crippen molar-refractivity contribution >= 4 is 15.9 Å². The molecule has 1 heterocycles. The van der Waals surface area contributed by atoms with Crippen LogP contribution in [-0.4, -0.2) is 18.2 Å². The van der Waals surface area contributed by atoms with Crippen molar-refractivity contribution in [2.24, 2.45) is 0 Å². The van der Waals surface area contributed by atoms with Gasteiger partial charge in [-0.2, -0.15) is 0 Å². The summed E-state index contributed by atoms with van der Waals surface area (Å²) in [6.07, 6.45) is 2.35. The van der Waals surface area contributed by atoms with Gasteiger partial charge < -0.3 is 10.4 Å². The molecule has 2 nitrogen and oxygen atoms in total. The fourth-order valence-corrected chi connectivity index (χ4v) is 2.86. The van der Waals surface area contributed by atoms with E-state index < -0.39 is 0 Å². The molecule has 2 N–H and O–H groups in total. The molecule has 1 fully saturated rings. The first-order chi connectivity index (χ1) is 7.61. The van der Waals surface area contributed by atoms with Gasteiger partial charge in [0.1, 0.15) is 5.75 Å². The number of nitrogens with one attached hydrogen (secondary N) is 1. The maximum absolute atomic E-state index is 10.2. The van der Waals surface area contributed by atoms with Gasteiger partial charge in [-0.15, -0.1) is 0 Å². The molecule has 1 atom stereocenters. The Morgan fingerprint density at radius 1 is 1.44 bits per heavy atom. The molecular weight excluding hydrogens is 266 g/mol. The number of aryl methyl sites for hydroxylation is 1. The van der Waals surface area contributed by atoms with E-state index in [0.717, 1.165) is 35.1 Å². The molecule has 0 spiro atoms. The Kier molecular flexibility index (Phi) is 3.55. The quantitative estimate of drug-likeness (QED) is 0.829. The van der Waals surface area contributed by atoms with E-state index in [1.54, 1.807) is 0 Å². The highest BCUT2D eigenvalue weighted by Crippen LogP contribution is 2.38. The van der Waals surface area contributed by atoms with Crippen LogP contribution in [0.2, 0.25) is 0 Å². The SMILES string of the molecule is Cc1cc(C2CCCNC2)c(O)c(Br)c1C. The highest BCUT2D eigenvalue weighted by molar-refractivity contribution is 9.10. The van der Waals surface area contributed by atoms with Gasteiger partial charge in [-0.3, -0.25) is 0 Å². The van der Waals surface area contributed by atoms with Crippen LogP contribution in [0.25, 0.3) is 0 Å². The number of hydrogen-bond acceptors (Lipinski definition) is 2. The summed E-state index contributed by atoms with van der Waals surface area (Å²) in [6, 6.07) is 2.13. The Morgan fingerprint density at radius 3 is 2.81 bits per heavy atom. The van der Waals surface area contributed by atoms with Gasteiger partial charge in [0.15, 0.2) is 0 Å². The van der Waals surface area contributed by atoms with E-state index >= 15 is 0 Å². The molecule has 1 aromatic rings. The highest BCUT2D eigenvalue weighted by atomic mass is 79.9. The molecule has 0 radical (unpaired) electrons. The van der Waals surface area contributed by atoms with Gasteiger partial charge in [0.2, 0.25) is 0 Å². The van der Waals surface area contributed by atoms with Gasteiger partial charge in [-0.25, -0.2) is 0 Å². The number of phenolic OH excluding ortho intramolecular Hbond substituents is 1. The first kappa shape index (κ1) is 11.9. The fraction of sp³-hybridized carbons (Fsp3) is 0.538. The Balaban J connectivity index is 2.40. The third-order valence-electron chi connectivity index (χ3n) is 3.51. The molecule has 1 aliphatic heterocycles. The lowest BCUT2D eigenvalue weighted by molar-refractivity contribution is 0.423. The molecule has 0 aliphatic carbocycles. The van der Waals surface area contributed by atoms with Crippen LogP contribution in [0.3, 0.4) is 0 Å². The zero-order valence-corrected chi connectivity index (χ0v) is 11.4. The molecule has 2 rings (SSSR count). The summed E-state index contributed by atoms with van der Waals surface area (Å²) in [5.74, 6) is 0.876. The molecule has 1 unspecified atom stereocenters. The number of halogens is 1. The Hall–Kier alpha value is -0.540. The molecule has 88 valence electrons. The Morgan fingerprint density at radius 2 is 2.19 bits per heavy atom. The van der Waals surface area contributed by atoms with Crippen LogP contribution in [0.1, 0.15) is 35.4 Å². The molecule has 3 heteroatoms. The van der Waals surface area contributed by atoms with Crippen LogP contribution in [-0.2, 0) is 0 Å². The van der Waals surface area contributed by atoms with Crippen molar-refractivity contribution < 1.29 is 5.11 Å². The largest absolute Gasteiger partial charge is 0.506 e. The highest BCUT2D eigenvalue weighted by Gasteiger charge is 2.21. The van der Waals surface area contributed by atoms with Crippen LogP contribution in [0.15, 0.2) is 10.5 Å². The van der Waals surface area contributed by atoms with E-state index in [2.05, 4.69) is 34.2 Å². The summed E-state index contributed by atoms with van der Waals surface area (Å²) in [4.78, 5) is 0. The Bertz CT molecular complexity index is 397. The molecule has 0 bridgehead atoms. The first-order valence-electron chi connectivity index (χ1n) is 5.80. The fourth-order valence-electron chi connectivity index (χ4n) is 2.32. The van der Waals surface area contributed by atoms with Crippen LogP contribution < -0.4 is 5.32 Å². The minimum absolute atomic E-state index is 0.428.